The van der Waals surface area contributed by atoms with Crippen molar-refractivity contribution in [2.24, 2.45) is 0 Å². The first-order valence-corrected chi connectivity index (χ1v) is 5.61. The van der Waals surface area contributed by atoms with E-state index >= 15 is 0 Å². The Bertz CT molecular complexity index is 152. The van der Waals surface area contributed by atoms with Crippen LogP contribution in [0.2, 0.25) is 0 Å². The first kappa shape index (κ1) is 13.4. The number of aliphatic hydroxyl groups is 1. The lowest BCUT2D eigenvalue weighted by Gasteiger charge is -2.04. The quantitative estimate of drug-likeness (QED) is 0.351. The molecule has 1 N–H and O–H groups in total. The number of rotatable bonds is 9. The summed E-state index contributed by atoms with van der Waals surface area (Å²) < 4.78 is 0. The van der Waals surface area contributed by atoms with Gasteiger partial charge in [0.05, 0.1) is 6.10 Å². The Morgan fingerprint density at radius 3 is 2.43 bits per heavy atom. The van der Waals surface area contributed by atoms with Gasteiger partial charge in [0.1, 0.15) is 6.29 Å². The molecule has 0 fully saturated rings. The number of aliphatic hydroxyl groups excluding tert-OH is 1. The minimum atomic E-state index is -0.439. The summed E-state index contributed by atoms with van der Waals surface area (Å²) in [6.07, 6.45) is 11.3. The van der Waals surface area contributed by atoms with Gasteiger partial charge in [-0.2, -0.15) is 0 Å². The van der Waals surface area contributed by atoms with Crippen LogP contribution in [-0.2, 0) is 4.79 Å². The molecule has 1 unspecified atom stereocenters. The highest BCUT2D eigenvalue weighted by Gasteiger charge is 1.97. The van der Waals surface area contributed by atoms with Crippen molar-refractivity contribution in [2.45, 2.75) is 58.0 Å². The monoisotopic (exact) mass is 198 g/mol. The van der Waals surface area contributed by atoms with Crippen LogP contribution in [0, 0.1) is 0 Å². The fourth-order valence-electron chi connectivity index (χ4n) is 1.40. The van der Waals surface area contributed by atoms with Gasteiger partial charge in [-0.25, -0.2) is 0 Å². The SMILES string of the molecule is CCCCCCCCC(O)C=CC=O. The number of allylic oxidation sites excluding steroid dienone is 1. The van der Waals surface area contributed by atoms with Gasteiger partial charge < -0.3 is 5.11 Å². The largest absolute Gasteiger partial charge is 0.389 e. The lowest BCUT2D eigenvalue weighted by Crippen LogP contribution is -2.01. The van der Waals surface area contributed by atoms with Gasteiger partial charge in [0.25, 0.3) is 0 Å². The molecule has 0 saturated heterocycles. The van der Waals surface area contributed by atoms with Crippen LogP contribution >= 0.6 is 0 Å². The van der Waals surface area contributed by atoms with Gasteiger partial charge in [0.15, 0.2) is 0 Å². The zero-order chi connectivity index (χ0) is 10.6. The van der Waals surface area contributed by atoms with Crippen molar-refractivity contribution in [3.05, 3.63) is 12.2 Å². The number of carbonyl (C=O) groups excluding carboxylic acids is 1. The van der Waals surface area contributed by atoms with Gasteiger partial charge in [-0.3, -0.25) is 4.79 Å². The Kier molecular flexibility index (Phi) is 9.98. The van der Waals surface area contributed by atoms with Gasteiger partial charge >= 0.3 is 0 Å². The van der Waals surface area contributed by atoms with E-state index < -0.39 is 6.10 Å². The molecule has 14 heavy (non-hydrogen) atoms. The second kappa shape index (κ2) is 10.5. The summed E-state index contributed by atoms with van der Waals surface area (Å²) in [6, 6.07) is 0. The number of aldehydes is 1. The lowest BCUT2D eigenvalue weighted by atomic mass is 10.1. The molecule has 0 heterocycles. The van der Waals surface area contributed by atoms with Crippen molar-refractivity contribution in [3.63, 3.8) is 0 Å². The Morgan fingerprint density at radius 2 is 1.79 bits per heavy atom. The summed E-state index contributed by atoms with van der Waals surface area (Å²) in [4.78, 5) is 9.96. The molecule has 0 rings (SSSR count). The van der Waals surface area contributed by atoms with E-state index in [9.17, 15) is 9.90 Å². The van der Waals surface area contributed by atoms with Crippen molar-refractivity contribution in [3.8, 4) is 0 Å². The Morgan fingerprint density at radius 1 is 1.14 bits per heavy atom. The van der Waals surface area contributed by atoms with E-state index in [1.54, 1.807) is 6.08 Å². The van der Waals surface area contributed by atoms with Crippen molar-refractivity contribution in [1.29, 1.82) is 0 Å². The molecule has 0 aliphatic rings. The molecular weight excluding hydrogens is 176 g/mol. The van der Waals surface area contributed by atoms with Crippen LogP contribution in [0.3, 0.4) is 0 Å². The van der Waals surface area contributed by atoms with Crippen molar-refractivity contribution in [1.82, 2.24) is 0 Å². The number of carbonyl (C=O) groups is 1. The second-order valence-electron chi connectivity index (χ2n) is 3.64. The molecule has 0 aliphatic heterocycles. The maximum atomic E-state index is 9.96. The normalized spacial score (nSPS) is 13.3. The van der Waals surface area contributed by atoms with E-state index in [0.717, 1.165) is 12.8 Å². The Balaban J connectivity index is 3.18. The molecule has 0 saturated carbocycles. The smallest absolute Gasteiger partial charge is 0.142 e. The zero-order valence-electron chi connectivity index (χ0n) is 9.11. The number of unbranched alkanes of at least 4 members (excludes halogenated alkanes) is 5. The zero-order valence-corrected chi connectivity index (χ0v) is 9.11. The molecule has 0 spiro atoms. The van der Waals surface area contributed by atoms with Gasteiger partial charge in [-0.05, 0) is 12.5 Å². The first-order chi connectivity index (χ1) is 6.81. The minimum Gasteiger partial charge on any atom is -0.389 e. The van der Waals surface area contributed by atoms with Crippen LogP contribution in [0.25, 0.3) is 0 Å². The van der Waals surface area contributed by atoms with E-state index in [0.29, 0.717) is 6.29 Å². The molecule has 0 amide bonds. The van der Waals surface area contributed by atoms with E-state index in [2.05, 4.69) is 6.92 Å². The van der Waals surface area contributed by atoms with Gasteiger partial charge in [-0.1, -0.05) is 51.5 Å². The third-order valence-corrected chi connectivity index (χ3v) is 2.27. The fraction of sp³-hybridized carbons (Fsp3) is 0.750. The van der Waals surface area contributed by atoms with Crippen molar-refractivity contribution < 1.29 is 9.90 Å². The average molecular weight is 198 g/mol. The average Bonchev–Trinajstić information content (AvgIpc) is 2.20. The predicted molar refractivity (Wildman–Crippen MR) is 59.2 cm³/mol. The fourth-order valence-corrected chi connectivity index (χ4v) is 1.40. The third kappa shape index (κ3) is 9.46. The summed E-state index contributed by atoms with van der Waals surface area (Å²) in [6.45, 7) is 2.20. The van der Waals surface area contributed by atoms with Gasteiger partial charge in [0.2, 0.25) is 0 Å². The standard InChI is InChI=1S/C12H22O2/c1-2-3-4-5-6-7-9-12(14)10-8-11-13/h8,10-12,14H,2-7,9H2,1H3. The van der Waals surface area contributed by atoms with E-state index in [1.807, 2.05) is 0 Å². The summed E-state index contributed by atoms with van der Waals surface area (Å²) >= 11 is 0. The van der Waals surface area contributed by atoms with E-state index in [1.165, 1.54) is 38.2 Å². The van der Waals surface area contributed by atoms with Gasteiger partial charge in [0, 0.05) is 0 Å². The van der Waals surface area contributed by atoms with Crippen LogP contribution in [0.15, 0.2) is 12.2 Å². The lowest BCUT2D eigenvalue weighted by molar-refractivity contribution is -0.104. The first-order valence-electron chi connectivity index (χ1n) is 5.61. The topological polar surface area (TPSA) is 37.3 Å². The predicted octanol–water partition coefficient (Wildman–Crippen LogP) is 2.85. The number of hydrogen-bond donors (Lipinski definition) is 1. The van der Waals surface area contributed by atoms with Gasteiger partial charge in [-0.15, -0.1) is 0 Å². The molecule has 0 bridgehead atoms. The second-order valence-corrected chi connectivity index (χ2v) is 3.64. The maximum Gasteiger partial charge on any atom is 0.142 e. The summed E-state index contributed by atoms with van der Waals surface area (Å²) in [5.41, 5.74) is 0. The highest BCUT2D eigenvalue weighted by Crippen LogP contribution is 2.08. The van der Waals surface area contributed by atoms with Crippen LogP contribution < -0.4 is 0 Å². The van der Waals surface area contributed by atoms with E-state index in [4.69, 9.17) is 0 Å². The molecule has 2 nitrogen and oxygen atoms in total. The van der Waals surface area contributed by atoms with E-state index in [-0.39, 0.29) is 0 Å². The van der Waals surface area contributed by atoms with Crippen molar-refractivity contribution >= 4 is 6.29 Å². The molecule has 1 atom stereocenters. The summed E-state index contributed by atoms with van der Waals surface area (Å²) in [5, 5.41) is 9.34. The van der Waals surface area contributed by atoms with Crippen LogP contribution in [0.1, 0.15) is 51.9 Å². The maximum absolute atomic E-state index is 9.96. The Hall–Kier alpha value is -0.630. The van der Waals surface area contributed by atoms with Crippen LogP contribution in [0.5, 0.6) is 0 Å². The van der Waals surface area contributed by atoms with Crippen LogP contribution in [-0.4, -0.2) is 17.5 Å². The molecule has 2 heteroatoms. The molecule has 82 valence electrons. The molecule has 0 radical (unpaired) electrons. The third-order valence-electron chi connectivity index (χ3n) is 2.27. The minimum absolute atomic E-state index is 0.439. The molecular formula is C12H22O2. The Labute approximate surface area is 87.0 Å². The molecule has 0 aromatic carbocycles. The highest BCUT2D eigenvalue weighted by atomic mass is 16.3. The summed E-state index contributed by atoms with van der Waals surface area (Å²) in [7, 11) is 0. The summed E-state index contributed by atoms with van der Waals surface area (Å²) in [5.74, 6) is 0. The van der Waals surface area contributed by atoms with Crippen molar-refractivity contribution in [2.75, 3.05) is 0 Å². The molecule has 0 aromatic heterocycles. The molecule has 0 aromatic rings. The highest BCUT2D eigenvalue weighted by molar-refractivity contribution is 5.64. The molecule has 0 aliphatic carbocycles. The van der Waals surface area contributed by atoms with Crippen LogP contribution in [0.4, 0.5) is 0 Å². The number of hydrogen-bond acceptors (Lipinski definition) is 2.